The molecule has 6 heteroatoms. The van der Waals surface area contributed by atoms with Crippen LogP contribution in [0.4, 0.5) is 0 Å². The van der Waals surface area contributed by atoms with Gasteiger partial charge < -0.3 is 5.73 Å². The van der Waals surface area contributed by atoms with E-state index >= 15 is 0 Å². The summed E-state index contributed by atoms with van der Waals surface area (Å²) in [6, 6.07) is 1.82. The lowest BCUT2D eigenvalue weighted by Gasteiger charge is -2.06. The van der Waals surface area contributed by atoms with Crippen LogP contribution in [-0.4, -0.2) is 21.5 Å². The first-order valence-corrected chi connectivity index (χ1v) is 6.69. The molecule has 0 amide bonds. The van der Waals surface area contributed by atoms with Crippen molar-refractivity contribution >= 4 is 17.5 Å². The van der Waals surface area contributed by atoms with E-state index in [9.17, 15) is 4.79 Å². The van der Waals surface area contributed by atoms with Crippen molar-refractivity contribution in [1.29, 1.82) is 5.26 Å². The molecular formula is C13H16N4OS. The van der Waals surface area contributed by atoms with Crippen LogP contribution in [0.1, 0.15) is 23.9 Å². The van der Waals surface area contributed by atoms with Crippen LogP contribution in [0.2, 0.25) is 0 Å². The monoisotopic (exact) mass is 276 g/mol. The molecule has 1 heterocycles. The number of nitrogens with zero attached hydrogens (tertiary/aromatic N) is 3. The molecule has 2 N–H and O–H groups in total. The van der Waals surface area contributed by atoms with Crippen molar-refractivity contribution < 1.29 is 4.79 Å². The molecule has 0 atom stereocenters. The summed E-state index contributed by atoms with van der Waals surface area (Å²) >= 11 is 1.21. The minimum Gasteiger partial charge on any atom is -0.401 e. The molecule has 1 aromatic rings. The summed E-state index contributed by atoms with van der Waals surface area (Å²) in [5.74, 6) is -0.189. The predicted octanol–water partition coefficient (Wildman–Crippen LogP) is 1.82. The maximum atomic E-state index is 11.8. The SMILES string of the molecule is C/C(N)=C(\C#N)C(=O)CSc1nc(C)c(C)c(C)n1. The summed E-state index contributed by atoms with van der Waals surface area (Å²) in [4.78, 5) is 20.4. The fourth-order valence-corrected chi connectivity index (χ4v) is 2.19. The van der Waals surface area contributed by atoms with Crippen molar-refractivity contribution in [2.24, 2.45) is 5.73 Å². The average molecular weight is 276 g/mol. The van der Waals surface area contributed by atoms with Crippen LogP contribution in [-0.2, 0) is 4.79 Å². The maximum Gasteiger partial charge on any atom is 0.188 e. The van der Waals surface area contributed by atoms with Gasteiger partial charge in [-0.3, -0.25) is 4.79 Å². The van der Waals surface area contributed by atoms with E-state index in [1.165, 1.54) is 18.7 Å². The Kier molecular flexibility index (Phi) is 5.07. The van der Waals surface area contributed by atoms with Crippen LogP contribution >= 0.6 is 11.8 Å². The second-order valence-corrected chi connectivity index (χ2v) is 5.13. The van der Waals surface area contributed by atoms with Crippen molar-refractivity contribution in [3.05, 3.63) is 28.2 Å². The number of hydrogen-bond donors (Lipinski definition) is 1. The zero-order valence-corrected chi connectivity index (χ0v) is 12.3. The zero-order valence-electron chi connectivity index (χ0n) is 11.4. The number of nitriles is 1. The lowest BCUT2D eigenvalue weighted by Crippen LogP contribution is -2.10. The summed E-state index contributed by atoms with van der Waals surface area (Å²) in [7, 11) is 0. The molecule has 0 spiro atoms. The second kappa shape index (κ2) is 6.34. The summed E-state index contributed by atoms with van der Waals surface area (Å²) < 4.78 is 0. The van der Waals surface area contributed by atoms with Crippen LogP contribution < -0.4 is 5.73 Å². The molecule has 19 heavy (non-hydrogen) atoms. The minimum absolute atomic E-state index is 0.00746. The topological polar surface area (TPSA) is 92.7 Å². The Balaban J connectivity index is 2.82. The number of hydrogen-bond acceptors (Lipinski definition) is 6. The van der Waals surface area contributed by atoms with Crippen LogP contribution in [0.3, 0.4) is 0 Å². The molecule has 0 aliphatic rings. The fraction of sp³-hybridized carbons (Fsp3) is 0.385. The largest absolute Gasteiger partial charge is 0.401 e. The predicted molar refractivity (Wildman–Crippen MR) is 74.5 cm³/mol. The number of allylic oxidation sites excluding steroid dienone is 2. The quantitative estimate of drug-likeness (QED) is 0.390. The highest BCUT2D eigenvalue weighted by Crippen LogP contribution is 2.18. The highest BCUT2D eigenvalue weighted by atomic mass is 32.2. The van der Waals surface area contributed by atoms with E-state index in [4.69, 9.17) is 11.0 Å². The van der Waals surface area contributed by atoms with E-state index in [0.717, 1.165) is 17.0 Å². The molecule has 0 saturated carbocycles. The van der Waals surface area contributed by atoms with Gasteiger partial charge in [-0.1, -0.05) is 11.8 Å². The Morgan fingerprint density at radius 2 is 1.84 bits per heavy atom. The Bertz CT molecular complexity index is 560. The highest BCUT2D eigenvalue weighted by molar-refractivity contribution is 7.99. The van der Waals surface area contributed by atoms with Gasteiger partial charge in [-0.05, 0) is 33.3 Å². The second-order valence-electron chi connectivity index (χ2n) is 4.18. The first-order valence-electron chi connectivity index (χ1n) is 5.71. The Morgan fingerprint density at radius 3 is 2.26 bits per heavy atom. The average Bonchev–Trinajstić information content (AvgIpc) is 2.33. The van der Waals surface area contributed by atoms with Crippen LogP contribution in [0, 0.1) is 32.1 Å². The van der Waals surface area contributed by atoms with Gasteiger partial charge in [-0.15, -0.1) is 0 Å². The normalized spacial score (nSPS) is 11.7. The molecule has 0 aliphatic carbocycles. The molecular weight excluding hydrogens is 260 g/mol. The fourth-order valence-electron chi connectivity index (χ4n) is 1.38. The van der Waals surface area contributed by atoms with Crippen molar-refractivity contribution in [1.82, 2.24) is 9.97 Å². The molecule has 1 rings (SSSR count). The Hall–Kier alpha value is -1.87. The number of thioether (sulfide) groups is 1. The number of carbonyl (C=O) groups is 1. The van der Waals surface area contributed by atoms with E-state index in [1.807, 2.05) is 26.8 Å². The molecule has 0 saturated heterocycles. The van der Waals surface area contributed by atoms with Gasteiger partial charge >= 0.3 is 0 Å². The Labute approximate surface area is 116 Å². The van der Waals surface area contributed by atoms with E-state index in [-0.39, 0.29) is 22.8 Å². The highest BCUT2D eigenvalue weighted by Gasteiger charge is 2.13. The zero-order chi connectivity index (χ0) is 14.6. The molecule has 5 nitrogen and oxygen atoms in total. The lowest BCUT2D eigenvalue weighted by atomic mass is 10.2. The minimum atomic E-state index is -0.299. The van der Waals surface area contributed by atoms with Crippen molar-refractivity contribution in [3.63, 3.8) is 0 Å². The summed E-state index contributed by atoms with van der Waals surface area (Å²) in [5, 5.41) is 9.38. The van der Waals surface area contributed by atoms with Gasteiger partial charge in [0.1, 0.15) is 11.6 Å². The van der Waals surface area contributed by atoms with Gasteiger partial charge in [0.15, 0.2) is 10.9 Å². The van der Waals surface area contributed by atoms with Crippen molar-refractivity contribution in [2.45, 2.75) is 32.9 Å². The molecule has 100 valence electrons. The number of carbonyl (C=O) groups excluding carboxylic acids is 1. The van der Waals surface area contributed by atoms with Crippen molar-refractivity contribution in [3.8, 4) is 6.07 Å². The van der Waals surface area contributed by atoms with Crippen LogP contribution in [0.5, 0.6) is 0 Å². The van der Waals surface area contributed by atoms with Gasteiger partial charge in [0.2, 0.25) is 0 Å². The van der Waals surface area contributed by atoms with E-state index in [2.05, 4.69) is 9.97 Å². The maximum absolute atomic E-state index is 11.8. The number of ketones is 1. The van der Waals surface area contributed by atoms with Gasteiger partial charge in [-0.25, -0.2) is 9.97 Å². The van der Waals surface area contributed by atoms with Gasteiger partial charge in [0, 0.05) is 17.1 Å². The molecule has 1 aromatic heterocycles. The number of aromatic nitrogens is 2. The van der Waals surface area contributed by atoms with E-state index < -0.39 is 0 Å². The third kappa shape index (κ3) is 3.80. The van der Waals surface area contributed by atoms with E-state index in [1.54, 1.807) is 0 Å². The smallest absolute Gasteiger partial charge is 0.188 e. The summed E-state index contributed by atoms with van der Waals surface area (Å²) in [5.41, 5.74) is 8.57. The first-order chi connectivity index (χ1) is 8.86. The molecule has 0 aromatic carbocycles. The molecule has 0 bridgehead atoms. The number of nitrogens with two attached hydrogens (primary N) is 1. The molecule has 0 unspecified atom stereocenters. The molecule has 0 radical (unpaired) electrons. The van der Waals surface area contributed by atoms with Crippen LogP contribution in [0.25, 0.3) is 0 Å². The Morgan fingerprint density at radius 1 is 1.32 bits per heavy atom. The van der Waals surface area contributed by atoms with Crippen LogP contribution in [0.15, 0.2) is 16.4 Å². The van der Waals surface area contributed by atoms with Gasteiger partial charge in [0.25, 0.3) is 0 Å². The summed E-state index contributed by atoms with van der Waals surface area (Å²) in [6.45, 7) is 7.30. The third-order valence-corrected chi connectivity index (χ3v) is 3.58. The lowest BCUT2D eigenvalue weighted by molar-refractivity contribution is -0.112. The first kappa shape index (κ1) is 15.2. The number of aryl methyl sites for hydroxylation is 2. The molecule has 0 fully saturated rings. The molecule has 0 aliphatic heterocycles. The van der Waals surface area contributed by atoms with E-state index in [0.29, 0.717) is 5.16 Å². The number of Topliss-reactive ketones (excluding diaryl/α,β-unsaturated/α-hetero) is 1. The van der Waals surface area contributed by atoms with Gasteiger partial charge in [0.05, 0.1) is 5.75 Å². The third-order valence-electron chi connectivity index (χ3n) is 2.73. The standard InChI is InChI=1S/C13H16N4OS/c1-7-9(3)16-13(17-10(7)4)19-6-12(18)11(5-14)8(2)15/h6,15H2,1-4H3/b11-8-. The van der Waals surface area contributed by atoms with Gasteiger partial charge in [-0.2, -0.15) is 5.26 Å². The summed E-state index contributed by atoms with van der Waals surface area (Å²) in [6.07, 6.45) is 0. The number of rotatable bonds is 4. The van der Waals surface area contributed by atoms with Crippen molar-refractivity contribution in [2.75, 3.05) is 5.75 Å².